The molecule has 0 fully saturated rings. The Bertz CT molecular complexity index is 1310. The highest BCUT2D eigenvalue weighted by atomic mass is 16.5. The van der Waals surface area contributed by atoms with Crippen molar-refractivity contribution in [1.82, 2.24) is 9.78 Å². The highest BCUT2D eigenvalue weighted by molar-refractivity contribution is 5.94. The van der Waals surface area contributed by atoms with E-state index in [0.717, 1.165) is 10.9 Å². The summed E-state index contributed by atoms with van der Waals surface area (Å²) in [5, 5.41) is 6.01. The Labute approximate surface area is 179 Å². The third-order valence-electron chi connectivity index (χ3n) is 5.07. The molecule has 4 rings (SSSR count). The molecule has 31 heavy (non-hydrogen) atoms. The number of methoxy groups -OCH3 is 4. The van der Waals surface area contributed by atoms with Crippen molar-refractivity contribution in [3.05, 3.63) is 71.0 Å². The van der Waals surface area contributed by atoms with Crippen LogP contribution in [0, 0.1) is 0 Å². The number of ether oxygens (including phenoxy) is 4. The zero-order valence-corrected chi connectivity index (χ0v) is 17.7. The number of aromatic nitrogens is 2. The molecule has 0 spiro atoms. The molecule has 7 heteroatoms. The molecule has 158 valence electrons. The molecule has 4 aromatic rings. The van der Waals surface area contributed by atoms with Crippen LogP contribution in [0.3, 0.4) is 0 Å². The van der Waals surface area contributed by atoms with Gasteiger partial charge in [0.15, 0.2) is 23.0 Å². The second-order valence-electron chi connectivity index (χ2n) is 6.72. The Morgan fingerprint density at radius 1 is 0.677 bits per heavy atom. The van der Waals surface area contributed by atoms with Crippen molar-refractivity contribution in [1.29, 1.82) is 0 Å². The van der Waals surface area contributed by atoms with Crippen molar-refractivity contribution in [2.45, 2.75) is 0 Å². The van der Waals surface area contributed by atoms with Gasteiger partial charge in [0, 0.05) is 17.0 Å². The van der Waals surface area contributed by atoms with Crippen molar-refractivity contribution in [2.24, 2.45) is 0 Å². The van der Waals surface area contributed by atoms with E-state index in [2.05, 4.69) is 0 Å². The molecule has 0 aliphatic heterocycles. The Balaban J connectivity index is 2.00. The monoisotopic (exact) mass is 418 g/mol. The van der Waals surface area contributed by atoms with Gasteiger partial charge in [0.2, 0.25) is 0 Å². The largest absolute Gasteiger partial charge is 0.493 e. The first-order valence-corrected chi connectivity index (χ1v) is 9.58. The Morgan fingerprint density at radius 2 is 1.26 bits per heavy atom. The van der Waals surface area contributed by atoms with Gasteiger partial charge in [-0.2, -0.15) is 9.78 Å². The number of benzene rings is 3. The number of hydrogen-bond acceptors (Lipinski definition) is 6. The zero-order valence-electron chi connectivity index (χ0n) is 17.7. The lowest BCUT2D eigenvalue weighted by Crippen LogP contribution is -2.22. The van der Waals surface area contributed by atoms with E-state index in [1.807, 2.05) is 36.4 Å². The van der Waals surface area contributed by atoms with Crippen molar-refractivity contribution < 1.29 is 18.9 Å². The minimum atomic E-state index is -0.230. The lowest BCUT2D eigenvalue weighted by molar-refractivity contribution is 0.354. The van der Waals surface area contributed by atoms with E-state index in [1.165, 1.54) is 4.68 Å². The van der Waals surface area contributed by atoms with Crippen LogP contribution in [0.4, 0.5) is 0 Å². The summed E-state index contributed by atoms with van der Waals surface area (Å²) < 4.78 is 22.9. The van der Waals surface area contributed by atoms with Crippen molar-refractivity contribution in [2.75, 3.05) is 28.4 Å². The van der Waals surface area contributed by atoms with Crippen LogP contribution < -0.4 is 24.5 Å². The minimum Gasteiger partial charge on any atom is -0.493 e. The van der Waals surface area contributed by atoms with Crippen LogP contribution in [-0.4, -0.2) is 38.2 Å². The molecule has 0 saturated heterocycles. The van der Waals surface area contributed by atoms with E-state index in [0.29, 0.717) is 39.8 Å². The van der Waals surface area contributed by atoms with Crippen molar-refractivity contribution in [3.8, 4) is 39.9 Å². The van der Waals surface area contributed by atoms with Crippen LogP contribution in [0.2, 0.25) is 0 Å². The first-order valence-electron chi connectivity index (χ1n) is 9.58. The molecular weight excluding hydrogens is 396 g/mol. The van der Waals surface area contributed by atoms with Gasteiger partial charge in [-0.1, -0.05) is 18.2 Å². The maximum atomic E-state index is 13.3. The smallest absolute Gasteiger partial charge is 0.279 e. The van der Waals surface area contributed by atoms with Gasteiger partial charge in [0.25, 0.3) is 5.56 Å². The SMILES string of the molecule is COc1ccc(-c2nn(-c3ccc(OC)c(OC)c3)c(=O)c3ccccc23)cc1OC. The molecule has 0 saturated carbocycles. The Morgan fingerprint density at radius 3 is 1.90 bits per heavy atom. The molecule has 0 radical (unpaired) electrons. The quantitative estimate of drug-likeness (QED) is 0.470. The van der Waals surface area contributed by atoms with Crippen LogP contribution >= 0.6 is 0 Å². The van der Waals surface area contributed by atoms with Crippen LogP contribution in [0.25, 0.3) is 27.7 Å². The molecular formula is C24H22N2O5. The predicted molar refractivity (Wildman–Crippen MR) is 119 cm³/mol. The minimum absolute atomic E-state index is 0.230. The van der Waals surface area contributed by atoms with E-state index in [-0.39, 0.29) is 5.56 Å². The summed E-state index contributed by atoms with van der Waals surface area (Å²) in [5.74, 6) is 2.27. The molecule has 0 N–H and O–H groups in total. The van der Waals surface area contributed by atoms with E-state index in [1.54, 1.807) is 52.7 Å². The highest BCUT2D eigenvalue weighted by Gasteiger charge is 2.16. The van der Waals surface area contributed by atoms with Crippen molar-refractivity contribution >= 4 is 10.8 Å². The summed E-state index contributed by atoms with van der Waals surface area (Å²) in [5.41, 5.74) is 1.77. The number of hydrogen-bond donors (Lipinski definition) is 0. The first kappa shape index (κ1) is 20.3. The van der Waals surface area contributed by atoms with E-state index < -0.39 is 0 Å². The molecule has 0 bridgehead atoms. The lowest BCUT2D eigenvalue weighted by atomic mass is 10.0. The van der Waals surface area contributed by atoms with Gasteiger partial charge >= 0.3 is 0 Å². The van der Waals surface area contributed by atoms with E-state index in [4.69, 9.17) is 24.0 Å². The lowest BCUT2D eigenvalue weighted by Gasteiger charge is -2.14. The summed E-state index contributed by atoms with van der Waals surface area (Å²) in [7, 11) is 6.28. The molecule has 1 aromatic heterocycles. The highest BCUT2D eigenvalue weighted by Crippen LogP contribution is 2.34. The van der Waals surface area contributed by atoms with E-state index >= 15 is 0 Å². The average molecular weight is 418 g/mol. The van der Waals surface area contributed by atoms with Gasteiger partial charge in [-0.3, -0.25) is 4.79 Å². The fraction of sp³-hybridized carbons (Fsp3) is 0.167. The van der Waals surface area contributed by atoms with Crippen LogP contribution in [0.5, 0.6) is 23.0 Å². The van der Waals surface area contributed by atoms with Gasteiger partial charge in [-0.25, -0.2) is 0 Å². The fourth-order valence-corrected chi connectivity index (χ4v) is 3.52. The number of fused-ring (bicyclic) bond motifs is 1. The van der Waals surface area contributed by atoms with Gasteiger partial charge in [0.05, 0.1) is 45.2 Å². The third-order valence-corrected chi connectivity index (χ3v) is 5.07. The standard InChI is InChI=1S/C24H22N2O5/c1-28-19-11-9-15(13-21(19)30-3)23-17-7-5-6-8-18(17)24(27)26(25-23)16-10-12-20(29-2)22(14-16)31-4/h5-14H,1-4H3. The van der Waals surface area contributed by atoms with Gasteiger partial charge < -0.3 is 18.9 Å². The predicted octanol–water partition coefficient (Wildman–Crippen LogP) is 4.09. The second kappa shape index (κ2) is 8.39. The number of nitrogens with zero attached hydrogens (tertiary/aromatic N) is 2. The number of rotatable bonds is 6. The summed E-state index contributed by atoms with van der Waals surface area (Å²) in [6, 6.07) is 18.2. The molecule has 0 unspecified atom stereocenters. The van der Waals surface area contributed by atoms with Gasteiger partial charge in [-0.15, -0.1) is 0 Å². The topological polar surface area (TPSA) is 71.8 Å². The molecule has 0 amide bonds. The second-order valence-corrected chi connectivity index (χ2v) is 6.72. The maximum Gasteiger partial charge on any atom is 0.279 e. The molecule has 0 aliphatic carbocycles. The third kappa shape index (κ3) is 3.54. The normalized spacial score (nSPS) is 10.7. The Kier molecular flexibility index (Phi) is 5.49. The Hall–Kier alpha value is -4.00. The zero-order chi connectivity index (χ0) is 22.0. The van der Waals surface area contributed by atoms with Crippen LogP contribution in [0.1, 0.15) is 0 Å². The van der Waals surface area contributed by atoms with Crippen LogP contribution in [-0.2, 0) is 0 Å². The summed E-state index contributed by atoms with van der Waals surface area (Å²) in [4.78, 5) is 13.3. The first-order chi connectivity index (χ1) is 15.1. The maximum absolute atomic E-state index is 13.3. The van der Waals surface area contributed by atoms with Gasteiger partial charge in [0.1, 0.15) is 0 Å². The summed E-state index contributed by atoms with van der Waals surface area (Å²) in [6.45, 7) is 0. The molecule has 0 atom stereocenters. The van der Waals surface area contributed by atoms with E-state index in [9.17, 15) is 4.79 Å². The summed E-state index contributed by atoms with van der Waals surface area (Å²) in [6.07, 6.45) is 0. The molecule has 3 aromatic carbocycles. The van der Waals surface area contributed by atoms with Gasteiger partial charge in [-0.05, 0) is 36.4 Å². The van der Waals surface area contributed by atoms with Crippen LogP contribution in [0.15, 0.2) is 65.5 Å². The summed E-state index contributed by atoms with van der Waals surface area (Å²) >= 11 is 0. The molecule has 7 nitrogen and oxygen atoms in total. The molecule has 1 heterocycles. The molecule has 0 aliphatic rings. The average Bonchev–Trinajstić information content (AvgIpc) is 2.83. The van der Waals surface area contributed by atoms with Crippen molar-refractivity contribution in [3.63, 3.8) is 0 Å². The fourth-order valence-electron chi connectivity index (χ4n) is 3.52.